The highest BCUT2D eigenvalue weighted by Gasteiger charge is 2.50. The standard InChI is InChI=1S/C55H50N2O/c1-51(2,3)33-19-25-45-41(29-33)55(42-30-34(52(4,5)6)20-26-46(42)58-45)47-15-11-13-43(56-47)31-17-21-37-35(27-31)49-39(53(37,7)8)23-24-40-50(49)36-28-32(18-22-38(36)54(40,9)10)44-14-12-16-48(55)57-44/h11-30H,1-10H3. The number of ether oxygens (including phenoxy) is 1. The van der Waals surface area contributed by atoms with Gasteiger partial charge in [0.15, 0.2) is 0 Å². The van der Waals surface area contributed by atoms with Crippen molar-refractivity contribution in [3.8, 4) is 56.3 Å². The summed E-state index contributed by atoms with van der Waals surface area (Å²) in [4.78, 5) is 11.6. The molecule has 0 radical (unpaired) electrons. The van der Waals surface area contributed by atoms with E-state index in [4.69, 9.17) is 14.7 Å². The van der Waals surface area contributed by atoms with E-state index in [1.165, 1.54) is 55.6 Å². The summed E-state index contributed by atoms with van der Waals surface area (Å²) in [7, 11) is 0. The topological polar surface area (TPSA) is 35.0 Å². The summed E-state index contributed by atoms with van der Waals surface area (Å²) in [6, 6.07) is 45.7. The molecule has 5 aromatic carbocycles. The van der Waals surface area contributed by atoms with E-state index in [1.54, 1.807) is 0 Å². The average molecular weight is 755 g/mol. The minimum Gasteiger partial charge on any atom is -0.457 e. The van der Waals surface area contributed by atoms with Crippen LogP contribution < -0.4 is 4.74 Å². The second-order valence-corrected chi connectivity index (χ2v) is 20.3. The minimum atomic E-state index is -0.904. The first-order valence-corrected chi connectivity index (χ1v) is 20.9. The second kappa shape index (κ2) is 11.2. The summed E-state index contributed by atoms with van der Waals surface area (Å²) < 4.78 is 6.94. The van der Waals surface area contributed by atoms with E-state index in [9.17, 15) is 0 Å². The van der Waals surface area contributed by atoms with Crippen molar-refractivity contribution in [1.82, 2.24) is 9.97 Å². The number of aromatic nitrogens is 2. The molecular weight excluding hydrogens is 705 g/mol. The third kappa shape index (κ3) is 4.56. The van der Waals surface area contributed by atoms with Gasteiger partial charge in [0.1, 0.15) is 16.9 Å². The van der Waals surface area contributed by atoms with E-state index >= 15 is 0 Å². The van der Waals surface area contributed by atoms with Gasteiger partial charge in [-0.2, -0.15) is 0 Å². The summed E-state index contributed by atoms with van der Waals surface area (Å²) in [5, 5.41) is 0. The number of hydrogen-bond acceptors (Lipinski definition) is 3. The number of hydrogen-bond donors (Lipinski definition) is 0. The second-order valence-electron chi connectivity index (χ2n) is 20.3. The molecule has 2 aromatic heterocycles. The average Bonchev–Trinajstić information content (AvgIpc) is 3.57. The molecule has 7 aromatic rings. The molecule has 0 saturated carbocycles. The zero-order valence-electron chi connectivity index (χ0n) is 35.3. The minimum absolute atomic E-state index is 0.1000. The first-order valence-electron chi connectivity index (χ1n) is 20.9. The molecular formula is C55H50N2O. The van der Waals surface area contributed by atoms with Crippen LogP contribution in [0.4, 0.5) is 0 Å². The maximum atomic E-state index is 6.94. The Morgan fingerprint density at radius 2 is 0.845 bits per heavy atom. The van der Waals surface area contributed by atoms with Crippen molar-refractivity contribution in [2.24, 2.45) is 0 Å². The quantitative estimate of drug-likeness (QED) is 0.155. The van der Waals surface area contributed by atoms with Crippen molar-refractivity contribution in [1.29, 1.82) is 0 Å². The number of benzene rings is 5. The Kier molecular flexibility index (Phi) is 6.85. The number of rotatable bonds is 0. The van der Waals surface area contributed by atoms with E-state index < -0.39 is 5.41 Å². The van der Waals surface area contributed by atoms with Crippen molar-refractivity contribution >= 4 is 0 Å². The molecule has 8 bridgehead atoms. The molecule has 3 heteroatoms. The molecule has 3 nitrogen and oxygen atoms in total. The van der Waals surface area contributed by atoms with Crippen molar-refractivity contribution in [3.63, 3.8) is 0 Å². The molecule has 0 atom stereocenters. The number of pyridine rings is 2. The molecule has 4 aliphatic rings. The zero-order valence-corrected chi connectivity index (χ0v) is 35.3. The van der Waals surface area contributed by atoms with E-state index in [1.807, 2.05) is 0 Å². The van der Waals surface area contributed by atoms with Gasteiger partial charge in [-0.3, -0.25) is 9.97 Å². The van der Waals surface area contributed by atoms with Crippen LogP contribution in [0.1, 0.15) is 125 Å². The smallest absolute Gasteiger partial charge is 0.132 e. The summed E-state index contributed by atoms with van der Waals surface area (Å²) in [5.41, 5.74) is 20.0. The lowest BCUT2D eigenvalue weighted by Gasteiger charge is -2.41. The van der Waals surface area contributed by atoms with Crippen molar-refractivity contribution < 1.29 is 4.74 Å². The van der Waals surface area contributed by atoms with Gasteiger partial charge in [-0.25, -0.2) is 0 Å². The fraction of sp³-hybridized carbons (Fsp3) is 0.273. The van der Waals surface area contributed by atoms with Crippen LogP contribution >= 0.6 is 0 Å². The van der Waals surface area contributed by atoms with E-state index in [-0.39, 0.29) is 21.7 Å². The first kappa shape index (κ1) is 35.4. The van der Waals surface area contributed by atoms with Gasteiger partial charge >= 0.3 is 0 Å². The van der Waals surface area contributed by atoms with Crippen LogP contribution in [0.2, 0.25) is 0 Å². The molecule has 4 heterocycles. The molecule has 0 saturated heterocycles. The third-order valence-corrected chi connectivity index (χ3v) is 14.1. The van der Waals surface area contributed by atoms with Crippen LogP contribution in [0.15, 0.2) is 121 Å². The third-order valence-electron chi connectivity index (χ3n) is 14.1. The van der Waals surface area contributed by atoms with Crippen molar-refractivity contribution in [3.05, 3.63) is 177 Å². The normalized spacial score (nSPS) is 16.7. The van der Waals surface area contributed by atoms with Crippen LogP contribution in [-0.2, 0) is 27.1 Å². The summed E-state index contributed by atoms with van der Waals surface area (Å²) in [6.07, 6.45) is 0. The molecule has 286 valence electrons. The summed E-state index contributed by atoms with van der Waals surface area (Å²) in [6.45, 7) is 23.2. The Hall–Kier alpha value is -5.80. The van der Waals surface area contributed by atoms with Gasteiger partial charge in [0.25, 0.3) is 0 Å². The Labute approximate surface area is 343 Å². The Morgan fingerprint density at radius 3 is 1.26 bits per heavy atom. The highest BCUT2D eigenvalue weighted by atomic mass is 16.5. The van der Waals surface area contributed by atoms with Gasteiger partial charge in [-0.1, -0.05) is 130 Å². The van der Waals surface area contributed by atoms with Crippen LogP contribution in [0.5, 0.6) is 11.5 Å². The molecule has 1 spiro atoms. The molecule has 2 aliphatic heterocycles. The number of nitrogens with zero attached hydrogens (tertiary/aromatic N) is 2. The zero-order chi connectivity index (χ0) is 40.3. The van der Waals surface area contributed by atoms with Gasteiger partial charge in [-0.15, -0.1) is 0 Å². The lowest BCUT2D eigenvalue weighted by atomic mass is 9.65. The van der Waals surface area contributed by atoms with Crippen LogP contribution in [0.3, 0.4) is 0 Å². The summed E-state index contributed by atoms with van der Waals surface area (Å²) in [5.74, 6) is 1.66. The maximum absolute atomic E-state index is 6.94. The van der Waals surface area contributed by atoms with E-state index in [0.717, 1.165) is 56.5 Å². The maximum Gasteiger partial charge on any atom is 0.132 e. The van der Waals surface area contributed by atoms with Gasteiger partial charge in [-0.05, 0) is 127 Å². The molecule has 0 unspecified atom stereocenters. The fourth-order valence-electron chi connectivity index (χ4n) is 10.7. The SMILES string of the molecule is CC(C)(C)c1ccc2c(c1)C1(c3cccc(n3)-c3ccc4c(c3)-c3c(ccc5c3-c3cc(ccc3C5(C)C)-c3cccc1n3)C4(C)C)c1cc(C(C)(C)C)ccc1O2. The van der Waals surface area contributed by atoms with Gasteiger partial charge in [0.2, 0.25) is 0 Å². The largest absolute Gasteiger partial charge is 0.457 e. The van der Waals surface area contributed by atoms with Gasteiger partial charge in [0.05, 0.1) is 22.8 Å². The number of fused-ring (bicyclic) bond motifs is 14. The molecule has 0 fully saturated rings. The van der Waals surface area contributed by atoms with Crippen LogP contribution in [0, 0.1) is 0 Å². The van der Waals surface area contributed by atoms with Gasteiger partial charge < -0.3 is 4.74 Å². The van der Waals surface area contributed by atoms with Crippen LogP contribution in [0.25, 0.3) is 44.8 Å². The van der Waals surface area contributed by atoms with E-state index in [2.05, 4.69) is 191 Å². The predicted octanol–water partition coefficient (Wildman–Crippen LogP) is 13.8. The fourth-order valence-corrected chi connectivity index (χ4v) is 10.7. The molecule has 2 aliphatic carbocycles. The molecule has 11 rings (SSSR count). The lowest BCUT2D eigenvalue weighted by molar-refractivity contribution is 0.426. The molecule has 58 heavy (non-hydrogen) atoms. The first-order chi connectivity index (χ1) is 27.5. The lowest BCUT2D eigenvalue weighted by Crippen LogP contribution is -2.37. The molecule has 0 N–H and O–H groups in total. The monoisotopic (exact) mass is 754 g/mol. The van der Waals surface area contributed by atoms with Crippen LogP contribution in [-0.4, -0.2) is 9.97 Å². The van der Waals surface area contributed by atoms with Gasteiger partial charge in [0, 0.05) is 33.1 Å². The predicted molar refractivity (Wildman–Crippen MR) is 237 cm³/mol. The molecule has 0 amide bonds. The van der Waals surface area contributed by atoms with Crippen molar-refractivity contribution in [2.45, 2.75) is 96.3 Å². The van der Waals surface area contributed by atoms with Crippen molar-refractivity contribution in [2.75, 3.05) is 0 Å². The Morgan fingerprint density at radius 1 is 0.431 bits per heavy atom. The van der Waals surface area contributed by atoms with E-state index in [0.29, 0.717) is 0 Å². The Balaban J connectivity index is 1.32. The Bertz CT molecular complexity index is 2750. The summed E-state index contributed by atoms with van der Waals surface area (Å²) >= 11 is 0. The highest BCUT2D eigenvalue weighted by molar-refractivity contribution is 6.00. The highest BCUT2D eigenvalue weighted by Crippen LogP contribution is 2.61.